The highest BCUT2D eigenvalue weighted by molar-refractivity contribution is 14.1. The summed E-state index contributed by atoms with van der Waals surface area (Å²) in [6.07, 6.45) is 5.25. The Balaban J connectivity index is 2.53. The molecule has 0 spiro atoms. The molecule has 15 heavy (non-hydrogen) atoms. The maximum Gasteiger partial charge on any atom is 0.193 e. The van der Waals surface area contributed by atoms with Crippen LogP contribution in [0.15, 0.2) is 18.7 Å². The lowest BCUT2D eigenvalue weighted by Crippen LogP contribution is -2.06. The van der Waals surface area contributed by atoms with Crippen LogP contribution >= 0.6 is 22.6 Å². The maximum atomic E-state index is 13.8. The van der Waals surface area contributed by atoms with Crippen molar-refractivity contribution in [3.8, 4) is 5.82 Å². The van der Waals surface area contributed by atoms with Crippen molar-refractivity contribution >= 4 is 22.6 Å². The molecule has 0 aromatic carbocycles. The van der Waals surface area contributed by atoms with Crippen molar-refractivity contribution in [3.63, 3.8) is 0 Å². The first-order chi connectivity index (χ1) is 7.22. The Kier molecular flexibility index (Phi) is 2.94. The van der Waals surface area contributed by atoms with Crippen molar-refractivity contribution in [1.29, 1.82) is 0 Å². The van der Waals surface area contributed by atoms with E-state index in [1.807, 2.05) is 6.92 Å². The molecular weight excluding hydrogens is 310 g/mol. The number of hydrogen-bond acceptors (Lipinski definition) is 3. The summed E-state index contributed by atoms with van der Waals surface area (Å²) in [5.74, 6) is -0.204. The molecule has 0 N–H and O–H groups in total. The predicted molar refractivity (Wildman–Crippen MR) is 61.2 cm³/mol. The number of aryl methyl sites for hydroxylation is 1. The molecule has 2 aromatic heterocycles. The normalized spacial score (nSPS) is 10.6. The fraction of sp³-hybridized carbons (Fsp3) is 0.222. The molecule has 4 nitrogen and oxygen atoms in total. The van der Waals surface area contributed by atoms with Gasteiger partial charge < -0.3 is 0 Å². The van der Waals surface area contributed by atoms with Crippen LogP contribution in [0.3, 0.4) is 0 Å². The van der Waals surface area contributed by atoms with E-state index in [1.54, 1.807) is 12.4 Å². The van der Waals surface area contributed by atoms with E-state index >= 15 is 0 Å². The van der Waals surface area contributed by atoms with Gasteiger partial charge in [0, 0.05) is 6.20 Å². The molecule has 0 bridgehead atoms. The first-order valence-corrected chi connectivity index (χ1v) is 5.50. The summed E-state index contributed by atoms with van der Waals surface area (Å²) >= 11 is 2.11. The van der Waals surface area contributed by atoms with Gasteiger partial charge in [-0.05, 0) is 29.0 Å². The van der Waals surface area contributed by atoms with E-state index < -0.39 is 5.82 Å². The van der Waals surface area contributed by atoms with Crippen LogP contribution < -0.4 is 0 Å². The molecule has 0 saturated carbocycles. The van der Waals surface area contributed by atoms with E-state index in [4.69, 9.17) is 0 Å². The minimum Gasteiger partial charge on any atom is -0.238 e. The van der Waals surface area contributed by atoms with Gasteiger partial charge in [0.2, 0.25) is 0 Å². The highest BCUT2D eigenvalue weighted by Crippen LogP contribution is 2.13. The second kappa shape index (κ2) is 4.21. The number of rotatable bonds is 2. The third-order valence-electron chi connectivity index (χ3n) is 1.95. The lowest BCUT2D eigenvalue weighted by Gasteiger charge is -2.03. The van der Waals surface area contributed by atoms with Crippen LogP contribution in [0.4, 0.5) is 4.39 Å². The topological polar surface area (TPSA) is 43.6 Å². The third kappa shape index (κ3) is 1.99. The lowest BCUT2D eigenvalue weighted by atomic mass is 10.3. The van der Waals surface area contributed by atoms with Crippen molar-refractivity contribution in [2.45, 2.75) is 13.3 Å². The van der Waals surface area contributed by atoms with Gasteiger partial charge >= 0.3 is 0 Å². The van der Waals surface area contributed by atoms with E-state index in [2.05, 4.69) is 37.7 Å². The zero-order valence-corrected chi connectivity index (χ0v) is 10.1. The molecule has 0 unspecified atom stereocenters. The Morgan fingerprint density at radius 2 is 2.27 bits per heavy atom. The molecule has 0 radical (unpaired) electrons. The lowest BCUT2D eigenvalue weighted by molar-refractivity contribution is 0.574. The number of hydrogen-bond donors (Lipinski definition) is 0. The Bertz CT molecular complexity index is 483. The fourth-order valence-corrected chi connectivity index (χ4v) is 1.61. The minimum absolute atomic E-state index is 0.199. The standard InChI is InChI=1S/C9H8FIN4/c1-2-7-8(10)9(13-5-12-7)15-4-6(11)3-14-15/h3-5H,2H2,1H3. The van der Waals surface area contributed by atoms with Gasteiger partial charge in [-0.3, -0.25) is 0 Å². The van der Waals surface area contributed by atoms with Crippen LogP contribution in [0, 0.1) is 9.39 Å². The van der Waals surface area contributed by atoms with E-state index in [0.717, 1.165) is 3.57 Å². The quantitative estimate of drug-likeness (QED) is 0.795. The predicted octanol–water partition coefficient (Wildman–Crippen LogP) is 1.97. The van der Waals surface area contributed by atoms with Gasteiger partial charge in [0.25, 0.3) is 0 Å². The molecule has 78 valence electrons. The molecule has 2 rings (SSSR count). The first-order valence-electron chi connectivity index (χ1n) is 4.42. The Labute approximate surface area is 99.7 Å². The van der Waals surface area contributed by atoms with Crippen LogP contribution in [0.1, 0.15) is 12.6 Å². The molecule has 0 aliphatic heterocycles. The van der Waals surface area contributed by atoms with Gasteiger partial charge in [-0.25, -0.2) is 19.0 Å². The van der Waals surface area contributed by atoms with Gasteiger partial charge in [-0.2, -0.15) is 5.10 Å². The smallest absolute Gasteiger partial charge is 0.193 e. The summed E-state index contributed by atoms with van der Waals surface area (Å²) < 4.78 is 16.1. The fourth-order valence-electron chi connectivity index (χ4n) is 1.22. The second-order valence-corrected chi connectivity index (χ2v) is 4.16. The van der Waals surface area contributed by atoms with Gasteiger partial charge in [-0.15, -0.1) is 0 Å². The average molecular weight is 318 g/mol. The zero-order valence-electron chi connectivity index (χ0n) is 7.98. The molecule has 0 saturated heterocycles. The summed E-state index contributed by atoms with van der Waals surface area (Å²) in [5.41, 5.74) is 0.408. The molecule has 0 aliphatic rings. The summed E-state index contributed by atoms with van der Waals surface area (Å²) in [5, 5.41) is 4.00. The van der Waals surface area contributed by atoms with Crippen LogP contribution in [-0.4, -0.2) is 19.7 Å². The van der Waals surface area contributed by atoms with Gasteiger partial charge in [-0.1, -0.05) is 6.92 Å². The van der Waals surface area contributed by atoms with E-state index in [9.17, 15) is 4.39 Å². The summed E-state index contributed by atoms with van der Waals surface area (Å²) in [6, 6.07) is 0. The van der Waals surface area contributed by atoms with E-state index in [1.165, 1.54) is 11.0 Å². The molecule has 0 fully saturated rings. The summed E-state index contributed by atoms with van der Waals surface area (Å²) in [6.45, 7) is 1.85. The zero-order chi connectivity index (χ0) is 10.8. The largest absolute Gasteiger partial charge is 0.238 e. The number of nitrogens with zero attached hydrogens (tertiary/aromatic N) is 4. The second-order valence-electron chi connectivity index (χ2n) is 2.91. The first kappa shape index (κ1) is 10.5. The Hall–Kier alpha value is -1.05. The van der Waals surface area contributed by atoms with Crippen molar-refractivity contribution in [1.82, 2.24) is 19.7 Å². The minimum atomic E-state index is -0.403. The van der Waals surface area contributed by atoms with Crippen molar-refractivity contribution in [3.05, 3.63) is 33.8 Å². The third-order valence-corrected chi connectivity index (χ3v) is 2.50. The Morgan fingerprint density at radius 3 is 2.87 bits per heavy atom. The average Bonchev–Trinajstić information content (AvgIpc) is 2.65. The SMILES string of the molecule is CCc1ncnc(-n2cc(I)cn2)c1F. The number of aromatic nitrogens is 4. The van der Waals surface area contributed by atoms with Gasteiger partial charge in [0.05, 0.1) is 15.5 Å². The van der Waals surface area contributed by atoms with Crippen LogP contribution in [0.25, 0.3) is 5.82 Å². The highest BCUT2D eigenvalue weighted by atomic mass is 127. The van der Waals surface area contributed by atoms with Crippen LogP contribution in [0.5, 0.6) is 0 Å². The molecule has 0 aliphatic carbocycles. The van der Waals surface area contributed by atoms with Crippen molar-refractivity contribution < 1.29 is 4.39 Å². The summed E-state index contributed by atoms with van der Waals surface area (Å²) in [7, 11) is 0. The molecule has 6 heteroatoms. The van der Waals surface area contributed by atoms with Crippen LogP contribution in [0.2, 0.25) is 0 Å². The van der Waals surface area contributed by atoms with Crippen molar-refractivity contribution in [2.24, 2.45) is 0 Å². The molecule has 0 atom stereocenters. The monoisotopic (exact) mass is 318 g/mol. The molecule has 2 heterocycles. The van der Waals surface area contributed by atoms with Gasteiger partial charge in [0.15, 0.2) is 11.6 Å². The van der Waals surface area contributed by atoms with Crippen LogP contribution in [-0.2, 0) is 6.42 Å². The van der Waals surface area contributed by atoms with Crippen molar-refractivity contribution in [2.75, 3.05) is 0 Å². The Morgan fingerprint density at radius 1 is 1.47 bits per heavy atom. The van der Waals surface area contributed by atoms with E-state index in [-0.39, 0.29) is 5.82 Å². The van der Waals surface area contributed by atoms with Gasteiger partial charge in [0.1, 0.15) is 6.33 Å². The summed E-state index contributed by atoms with van der Waals surface area (Å²) in [4.78, 5) is 7.74. The highest BCUT2D eigenvalue weighted by Gasteiger charge is 2.11. The molecule has 0 amide bonds. The maximum absolute atomic E-state index is 13.8. The van der Waals surface area contributed by atoms with E-state index in [0.29, 0.717) is 12.1 Å². The molecular formula is C9H8FIN4. The molecule has 2 aromatic rings. The number of halogens is 2.